The lowest BCUT2D eigenvalue weighted by molar-refractivity contribution is 0.129. The average molecular weight is 464 g/mol. The molecule has 33 heavy (non-hydrogen) atoms. The van der Waals surface area contributed by atoms with E-state index in [1.165, 1.54) is 12.0 Å². The summed E-state index contributed by atoms with van der Waals surface area (Å²) in [6, 6.07) is 17.0. The van der Waals surface area contributed by atoms with Gasteiger partial charge in [-0.25, -0.2) is 0 Å². The van der Waals surface area contributed by atoms with Gasteiger partial charge in [-0.1, -0.05) is 48.2 Å². The largest absolute Gasteiger partial charge is 0.377 e. The SMILES string of the molecule is Cc1cccc(CN2CCC(c3nnc(SCC4CCCO4)n3Cc3ccccc3)CC2)n1. The van der Waals surface area contributed by atoms with Crippen LogP contribution >= 0.6 is 11.8 Å². The summed E-state index contributed by atoms with van der Waals surface area (Å²) in [7, 11) is 0. The third-order valence-corrected chi connectivity index (χ3v) is 7.73. The summed E-state index contributed by atoms with van der Waals surface area (Å²) in [5.74, 6) is 2.54. The van der Waals surface area contributed by atoms with Crippen LogP contribution in [0.25, 0.3) is 0 Å². The average Bonchev–Trinajstić information content (AvgIpc) is 3.49. The molecule has 1 aromatic carbocycles. The zero-order valence-electron chi connectivity index (χ0n) is 19.4. The van der Waals surface area contributed by atoms with Gasteiger partial charge in [0, 0.05) is 30.5 Å². The maximum absolute atomic E-state index is 5.84. The van der Waals surface area contributed by atoms with Crippen molar-refractivity contribution in [2.24, 2.45) is 0 Å². The molecule has 2 aliphatic rings. The molecule has 3 aromatic rings. The fourth-order valence-corrected chi connectivity index (χ4v) is 5.84. The molecule has 2 aromatic heterocycles. The van der Waals surface area contributed by atoms with E-state index < -0.39 is 0 Å². The van der Waals surface area contributed by atoms with Crippen molar-refractivity contribution in [3.8, 4) is 0 Å². The lowest BCUT2D eigenvalue weighted by atomic mass is 9.95. The summed E-state index contributed by atoms with van der Waals surface area (Å²) >= 11 is 1.80. The summed E-state index contributed by atoms with van der Waals surface area (Å²) in [5.41, 5.74) is 3.54. The monoisotopic (exact) mass is 463 g/mol. The van der Waals surface area contributed by atoms with Gasteiger partial charge in [-0.2, -0.15) is 0 Å². The fourth-order valence-electron chi connectivity index (χ4n) is 4.83. The maximum Gasteiger partial charge on any atom is 0.191 e. The minimum Gasteiger partial charge on any atom is -0.377 e. The molecule has 2 saturated heterocycles. The number of thioether (sulfide) groups is 1. The van der Waals surface area contributed by atoms with Gasteiger partial charge in [0.05, 0.1) is 18.3 Å². The van der Waals surface area contributed by atoms with Crippen LogP contribution in [0.1, 0.15) is 54.4 Å². The first-order valence-electron chi connectivity index (χ1n) is 12.1. The predicted octanol–water partition coefficient (Wildman–Crippen LogP) is 4.68. The van der Waals surface area contributed by atoms with Gasteiger partial charge in [-0.05, 0) is 63.4 Å². The fraction of sp³-hybridized carbons (Fsp3) is 0.500. The van der Waals surface area contributed by atoms with Gasteiger partial charge in [0.1, 0.15) is 5.82 Å². The highest BCUT2D eigenvalue weighted by molar-refractivity contribution is 7.99. The quantitative estimate of drug-likeness (QED) is 0.452. The molecule has 4 heterocycles. The summed E-state index contributed by atoms with van der Waals surface area (Å²) < 4.78 is 8.19. The number of hydrogen-bond acceptors (Lipinski definition) is 6. The molecule has 0 N–H and O–H groups in total. The molecule has 1 atom stereocenters. The molecule has 0 bridgehead atoms. The number of nitrogens with zero attached hydrogens (tertiary/aromatic N) is 5. The number of benzene rings is 1. The number of aromatic nitrogens is 4. The minimum atomic E-state index is 0.346. The molecule has 0 amide bonds. The van der Waals surface area contributed by atoms with Crippen molar-refractivity contribution in [2.45, 2.75) is 62.9 Å². The lowest BCUT2D eigenvalue weighted by Crippen LogP contribution is -2.33. The summed E-state index contributed by atoms with van der Waals surface area (Å²) in [4.78, 5) is 7.20. The molecular formula is C26H33N5OS. The molecule has 0 aliphatic carbocycles. The van der Waals surface area contributed by atoms with E-state index in [4.69, 9.17) is 9.84 Å². The Hall–Kier alpha value is -2.22. The second kappa shape index (κ2) is 10.8. The topological polar surface area (TPSA) is 56.1 Å². The van der Waals surface area contributed by atoms with Crippen molar-refractivity contribution in [1.29, 1.82) is 0 Å². The molecule has 2 aliphatic heterocycles. The molecule has 6 nitrogen and oxygen atoms in total. The van der Waals surface area contributed by atoms with E-state index in [1.54, 1.807) is 11.8 Å². The highest BCUT2D eigenvalue weighted by Crippen LogP contribution is 2.31. The Morgan fingerprint density at radius 2 is 1.82 bits per heavy atom. The van der Waals surface area contributed by atoms with Crippen molar-refractivity contribution >= 4 is 11.8 Å². The van der Waals surface area contributed by atoms with Crippen LogP contribution in [0.15, 0.2) is 53.7 Å². The van der Waals surface area contributed by atoms with Crippen molar-refractivity contribution in [3.63, 3.8) is 0 Å². The first-order valence-corrected chi connectivity index (χ1v) is 13.1. The Labute approximate surface area is 200 Å². The van der Waals surface area contributed by atoms with Crippen molar-refractivity contribution in [2.75, 3.05) is 25.4 Å². The molecule has 0 radical (unpaired) electrons. The van der Waals surface area contributed by atoms with Crippen LogP contribution in [0.4, 0.5) is 0 Å². The maximum atomic E-state index is 5.84. The van der Waals surface area contributed by atoms with Gasteiger partial charge in [0.15, 0.2) is 5.16 Å². The Balaban J connectivity index is 1.27. The highest BCUT2D eigenvalue weighted by Gasteiger charge is 2.27. The number of piperidine rings is 1. The van der Waals surface area contributed by atoms with Gasteiger partial charge in [-0.3, -0.25) is 9.88 Å². The summed E-state index contributed by atoms with van der Waals surface area (Å²) in [6.07, 6.45) is 4.88. The summed E-state index contributed by atoms with van der Waals surface area (Å²) in [6.45, 7) is 6.83. The Morgan fingerprint density at radius 3 is 2.58 bits per heavy atom. The van der Waals surface area contributed by atoms with Gasteiger partial charge >= 0.3 is 0 Å². The van der Waals surface area contributed by atoms with Gasteiger partial charge in [0.25, 0.3) is 0 Å². The third kappa shape index (κ3) is 5.83. The van der Waals surface area contributed by atoms with Crippen LogP contribution < -0.4 is 0 Å². The molecule has 0 spiro atoms. The van der Waals surface area contributed by atoms with E-state index in [-0.39, 0.29) is 0 Å². The number of hydrogen-bond donors (Lipinski definition) is 0. The molecule has 0 saturated carbocycles. The van der Waals surface area contributed by atoms with Crippen LogP contribution in [0.5, 0.6) is 0 Å². The number of aryl methyl sites for hydroxylation is 1. The number of rotatable bonds is 8. The van der Waals surface area contributed by atoms with E-state index >= 15 is 0 Å². The summed E-state index contributed by atoms with van der Waals surface area (Å²) in [5, 5.41) is 10.4. The van der Waals surface area contributed by atoms with Crippen LogP contribution in [0.2, 0.25) is 0 Å². The van der Waals surface area contributed by atoms with Gasteiger partial charge < -0.3 is 9.30 Å². The Bertz CT molecular complexity index is 1030. The van der Waals surface area contributed by atoms with Crippen molar-refractivity contribution in [3.05, 3.63) is 71.3 Å². The number of ether oxygens (including phenoxy) is 1. The molecular weight excluding hydrogens is 430 g/mol. The molecule has 5 rings (SSSR count). The highest BCUT2D eigenvalue weighted by atomic mass is 32.2. The first-order chi connectivity index (χ1) is 16.2. The van der Waals surface area contributed by atoms with E-state index in [9.17, 15) is 0 Å². The van der Waals surface area contributed by atoms with Crippen LogP contribution in [0, 0.1) is 6.92 Å². The molecule has 2 fully saturated rings. The number of likely N-dealkylation sites (tertiary alicyclic amines) is 1. The standard InChI is InChI=1S/C26H33N5OS/c1-20-7-5-10-23(27-20)18-30-14-12-22(13-15-30)25-28-29-26(33-19-24-11-6-16-32-24)31(25)17-21-8-3-2-4-9-21/h2-5,7-10,22,24H,6,11-19H2,1H3. The van der Waals surface area contributed by atoms with Crippen LogP contribution in [-0.2, 0) is 17.8 Å². The lowest BCUT2D eigenvalue weighted by Gasteiger charge is -2.31. The van der Waals surface area contributed by atoms with Gasteiger partial charge in [0.2, 0.25) is 0 Å². The third-order valence-electron chi connectivity index (χ3n) is 6.64. The molecule has 1 unspecified atom stereocenters. The van der Waals surface area contributed by atoms with Gasteiger partial charge in [-0.15, -0.1) is 10.2 Å². The zero-order chi connectivity index (χ0) is 22.5. The van der Waals surface area contributed by atoms with E-state index in [0.717, 1.165) is 80.2 Å². The zero-order valence-corrected chi connectivity index (χ0v) is 20.2. The molecule has 7 heteroatoms. The van der Waals surface area contributed by atoms with Crippen LogP contribution in [-0.4, -0.2) is 56.2 Å². The predicted molar refractivity (Wildman–Crippen MR) is 131 cm³/mol. The minimum absolute atomic E-state index is 0.346. The van der Waals surface area contributed by atoms with E-state index in [0.29, 0.717) is 12.0 Å². The van der Waals surface area contributed by atoms with Crippen LogP contribution in [0.3, 0.4) is 0 Å². The Morgan fingerprint density at radius 1 is 0.970 bits per heavy atom. The van der Waals surface area contributed by atoms with E-state index in [2.05, 4.69) is 75.0 Å². The van der Waals surface area contributed by atoms with Crippen molar-refractivity contribution in [1.82, 2.24) is 24.6 Å². The molecule has 174 valence electrons. The first kappa shape index (κ1) is 22.6. The van der Waals surface area contributed by atoms with Crippen molar-refractivity contribution < 1.29 is 4.74 Å². The second-order valence-corrected chi connectivity index (χ2v) is 10.2. The number of pyridine rings is 1. The Kier molecular flexibility index (Phi) is 7.39. The normalized spacial score (nSPS) is 19.8. The van der Waals surface area contributed by atoms with E-state index in [1.807, 2.05) is 0 Å². The second-order valence-electron chi connectivity index (χ2n) is 9.18. The smallest absolute Gasteiger partial charge is 0.191 e.